The number of benzene rings is 2. The molecule has 3 nitrogen and oxygen atoms in total. The van der Waals surface area contributed by atoms with Crippen LogP contribution in [0.2, 0.25) is 0 Å². The molecule has 0 spiro atoms. The van der Waals surface area contributed by atoms with Gasteiger partial charge in [-0.2, -0.15) is 0 Å². The van der Waals surface area contributed by atoms with Gasteiger partial charge in [-0.1, -0.05) is 29.8 Å². The van der Waals surface area contributed by atoms with Crippen molar-refractivity contribution in [2.45, 2.75) is 39.9 Å². The Labute approximate surface area is 154 Å². The lowest BCUT2D eigenvalue weighted by molar-refractivity contribution is 0.204. The van der Waals surface area contributed by atoms with Crippen LogP contribution in [-0.4, -0.2) is 20.9 Å². The summed E-state index contributed by atoms with van der Waals surface area (Å²) in [6.45, 7) is 8.49. The zero-order valence-electron chi connectivity index (χ0n) is 15.7. The minimum Gasteiger partial charge on any atom is -0.361 e. The second-order valence-corrected chi connectivity index (χ2v) is 7.40. The smallest absolute Gasteiger partial charge is 0.0702 e. The number of rotatable bonds is 5. The fourth-order valence-electron chi connectivity index (χ4n) is 3.50. The Morgan fingerprint density at radius 3 is 2.73 bits per heavy atom. The second-order valence-electron chi connectivity index (χ2n) is 7.40. The van der Waals surface area contributed by atoms with Crippen molar-refractivity contribution < 1.29 is 0 Å². The summed E-state index contributed by atoms with van der Waals surface area (Å²) in [5.74, 6) is 0. The Morgan fingerprint density at radius 2 is 1.88 bits per heavy atom. The number of aromatic amines is 1. The summed E-state index contributed by atoms with van der Waals surface area (Å²) in [5, 5.41) is 2.53. The highest BCUT2D eigenvalue weighted by atomic mass is 15.1. The van der Waals surface area contributed by atoms with Gasteiger partial charge in [-0.05, 0) is 56.2 Å². The number of fused-ring (bicyclic) bond motifs is 2. The average Bonchev–Trinajstić information content (AvgIpc) is 3.03. The number of nitrogens with zero attached hydrogens (tertiary/aromatic N) is 2. The monoisotopic (exact) mass is 343 g/mol. The van der Waals surface area contributed by atoms with Gasteiger partial charge < -0.3 is 4.98 Å². The van der Waals surface area contributed by atoms with Gasteiger partial charge in [0.05, 0.1) is 5.52 Å². The molecule has 0 saturated heterocycles. The molecule has 0 amide bonds. The van der Waals surface area contributed by atoms with Crippen molar-refractivity contribution in [3.8, 4) is 0 Å². The zero-order chi connectivity index (χ0) is 18.1. The van der Waals surface area contributed by atoms with Crippen LogP contribution in [0.5, 0.6) is 0 Å². The molecule has 4 rings (SSSR count). The maximum atomic E-state index is 4.62. The number of hydrogen-bond donors (Lipinski definition) is 1. The van der Waals surface area contributed by atoms with Crippen LogP contribution in [0.15, 0.2) is 60.9 Å². The number of pyridine rings is 1. The summed E-state index contributed by atoms with van der Waals surface area (Å²) in [6, 6.07) is 17.6. The number of hydrogen-bond acceptors (Lipinski definition) is 2. The first-order valence-corrected chi connectivity index (χ1v) is 9.24. The quantitative estimate of drug-likeness (QED) is 0.523. The molecule has 0 saturated carbocycles. The van der Waals surface area contributed by atoms with Crippen molar-refractivity contribution in [2.75, 3.05) is 0 Å². The van der Waals surface area contributed by atoms with Gasteiger partial charge in [0.25, 0.3) is 0 Å². The van der Waals surface area contributed by atoms with Gasteiger partial charge in [0.2, 0.25) is 0 Å². The van der Waals surface area contributed by atoms with Gasteiger partial charge in [-0.25, -0.2) is 0 Å². The van der Waals surface area contributed by atoms with Gasteiger partial charge in [0.15, 0.2) is 0 Å². The number of aryl methyl sites for hydroxylation is 1. The molecule has 4 aromatic rings. The standard InChI is InChI=1S/C23H25N3/c1-16(2)26(14-18-11-19-6-4-5-7-22(19)24-12-18)15-20-13-25-23-9-8-17(3)10-21(20)23/h4-13,16,25H,14-15H2,1-3H3. The third-order valence-corrected chi connectivity index (χ3v) is 5.06. The van der Waals surface area contributed by atoms with Crippen LogP contribution in [0.4, 0.5) is 0 Å². The van der Waals surface area contributed by atoms with E-state index < -0.39 is 0 Å². The highest BCUT2D eigenvalue weighted by Gasteiger charge is 2.14. The van der Waals surface area contributed by atoms with E-state index in [0.29, 0.717) is 6.04 Å². The number of nitrogens with one attached hydrogen (secondary N) is 1. The largest absolute Gasteiger partial charge is 0.361 e. The fraction of sp³-hybridized carbons (Fsp3) is 0.261. The van der Waals surface area contributed by atoms with Crippen LogP contribution in [0.1, 0.15) is 30.5 Å². The highest BCUT2D eigenvalue weighted by molar-refractivity contribution is 5.83. The third-order valence-electron chi connectivity index (χ3n) is 5.06. The van der Waals surface area contributed by atoms with E-state index >= 15 is 0 Å². The molecule has 0 unspecified atom stereocenters. The van der Waals surface area contributed by atoms with E-state index in [9.17, 15) is 0 Å². The number of para-hydroxylation sites is 1. The van der Waals surface area contributed by atoms with Crippen LogP contribution in [0, 0.1) is 6.92 Å². The van der Waals surface area contributed by atoms with Crippen LogP contribution < -0.4 is 0 Å². The normalized spacial score (nSPS) is 11.9. The summed E-state index contributed by atoms with van der Waals surface area (Å²) < 4.78 is 0. The maximum Gasteiger partial charge on any atom is 0.0702 e. The predicted octanol–water partition coefficient (Wildman–Crippen LogP) is 5.44. The lowest BCUT2D eigenvalue weighted by Gasteiger charge is -2.26. The van der Waals surface area contributed by atoms with Crippen LogP contribution >= 0.6 is 0 Å². The molecule has 0 bridgehead atoms. The molecule has 0 atom stereocenters. The van der Waals surface area contributed by atoms with E-state index in [-0.39, 0.29) is 0 Å². The van der Waals surface area contributed by atoms with Gasteiger partial charge in [-0.3, -0.25) is 9.88 Å². The fourth-order valence-corrected chi connectivity index (χ4v) is 3.50. The van der Waals surface area contributed by atoms with Crippen molar-refractivity contribution in [1.29, 1.82) is 0 Å². The molecule has 1 N–H and O–H groups in total. The Kier molecular flexibility index (Phi) is 4.48. The third kappa shape index (κ3) is 3.35. The molecule has 0 aliphatic heterocycles. The van der Waals surface area contributed by atoms with Gasteiger partial charge in [0.1, 0.15) is 0 Å². The van der Waals surface area contributed by atoms with Crippen LogP contribution in [0.25, 0.3) is 21.8 Å². The maximum absolute atomic E-state index is 4.62. The van der Waals surface area contributed by atoms with Crippen molar-refractivity contribution in [3.05, 3.63) is 77.6 Å². The molecule has 0 aliphatic rings. The SMILES string of the molecule is Cc1ccc2[nH]cc(CN(Cc3cnc4ccccc4c3)C(C)C)c2c1. The second kappa shape index (κ2) is 6.93. The lowest BCUT2D eigenvalue weighted by Crippen LogP contribution is -2.29. The van der Waals surface area contributed by atoms with Gasteiger partial charge in [-0.15, -0.1) is 0 Å². The van der Waals surface area contributed by atoms with E-state index in [1.807, 2.05) is 12.3 Å². The first-order chi connectivity index (χ1) is 12.6. The average molecular weight is 343 g/mol. The summed E-state index contributed by atoms with van der Waals surface area (Å²) in [4.78, 5) is 10.5. The molecule has 0 radical (unpaired) electrons. The Balaban J connectivity index is 1.61. The molecule has 0 aliphatic carbocycles. The van der Waals surface area contributed by atoms with Gasteiger partial charge in [0, 0.05) is 47.8 Å². The minimum atomic E-state index is 0.455. The van der Waals surface area contributed by atoms with Crippen molar-refractivity contribution in [1.82, 2.24) is 14.9 Å². The Hall–Kier alpha value is -2.65. The minimum absolute atomic E-state index is 0.455. The zero-order valence-corrected chi connectivity index (χ0v) is 15.7. The topological polar surface area (TPSA) is 31.9 Å². The highest BCUT2D eigenvalue weighted by Crippen LogP contribution is 2.23. The summed E-state index contributed by atoms with van der Waals surface area (Å²) in [7, 11) is 0. The van der Waals surface area contributed by atoms with E-state index in [0.717, 1.165) is 18.6 Å². The van der Waals surface area contributed by atoms with E-state index in [4.69, 9.17) is 0 Å². The van der Waals surface area contributed by atoms with E-state index in [1.54, 1.807) is 0 Å². The molecule has 26 heavy (non-hydrogen) atoms. The van der Waals surface area contributed by atoms with Gasteiger partial charge >= 0.3 is 0 Å². The molecule has 0 fully saturated rings. The Bertz CT molecular complexity index is 1050. The molecule has 2 aromatic heterocycles. The molecular weight excluding hydrogens is 318 g/mol. The van der Waals surface area contributed by atoms with E-state index in [1.165, 1.54) is 33.0 Å². The molecular formula is C23H25N3. The number of H-pyrrole nitrogens is 1. The summed E-state index contributed by atoms with van der Waals surface area (Å²) >= 11 is 0. The summed E-state index contributed by atoms with van der Waals surface area (Å²) in [6.07, 6.45) is 4.16. The lowest BCUT2D eigenvalue weighted by atomic mass is 10.1. The first-order valence-electron chi connectivity index (χ1n) is 9.24. The van der Waals surface area contributed by atoms with Crippen molar-refractivity contribution in [3.63, 3.8) is 0 Å². The Morgan fingerprint density at radius 1 is 1.04 bits per heavy atom. The molecule has 2 heterocycles. The first kappa shape index (κ1) is 16.8. The van der Waals surface area contributed by atoms with Crippen LogP contribution in [-0.2, 0) is 13.1 Å². The number of aromatic nitrogens is 2. The van der Waals surface area contributed by atoms with Crippen molar-refractivity contribution in [2.24, 2.45) is 0 Å². The predicted molar refractivity (Wildman–Crippen MR) is 109 cm³/mol. The van der Waals surface area contributed by atoms with Crippen LogP contribution in [0.3, 0.4) is 0 Å². The van der Waals surface area contributed by atoms with Crippen molar-refractivity contribution >= 4 is 21.8 Å². The van der Waals surface area contributed by atoms with E-state index in [2.05, 4.69) is 84.3 Å². The molecule has 2 aromatic carbocycles. The summed E-state index contributed by atoms with van der Waals surface area (Å²) in [5.41, 5.74) is 6.17. The molecule has 3 heteroatoms. The molecule has 132 valence electrons.